The van der Waals surface area contributed by atoms with Gasteiger partial charge in [-0.05, 0) is 31.6 Å². The molecule has 0 amide bonds. The van der Waals surface area contributed by atoms with Crippen LogP contribution in [0.3, 0.4) is 0 Å². The second-order valence-corrected chi connectivity index (χ2v) is 6.75. The van der Waals surface area contributed by atoms with E-state index in [9.17, 15) is 10.1 Å². The Hall–Kier alpha value is -1.32. The van der Waals surface area contributed by atoms with Crippen LogP contribution in [0.4, 0.5) is 0 Å². The summed E-state index contributed by atoms with van der Waals surface area (Å²) in [6, 6.07) is 3.83. The smallest absolute Gasteiger partial charge is 0.251 e. The number of H-pyrrole nitrogens is 1. The van der Waals surface area contributed by atoms with Gasteiger partial charge in [0.25, 0.3) is 5.56 Å². The van der Waals surface area contributed by atoms with Crippen LogP contribution in [-0.2, 0) is 6.42 Å². The molecule has 1 fully saturated rings. The first-order chi connectivity index (χ1) is 10.1. The van der Waals surface area contributed by atoms with Gasteiger partial charge in [0.15, 0.2) is 5.16 Å². The zero-order valence-electron chi connectivity index (χ0n) is 12.4. The van der Waals surface area contributed by atoms with Crippen molar-refractivity contribution in [3.63, 3.8) is 0 Å². The van der Waals surface area contributed by atoms with Gasteiger partial charge < -0.3 is 10.7 Å². The molecule has 1 aromatic heterocycles. The Morgan fingerprint density at radius 3 is 3.19 bits per heavy atom. The van der Waals surface area contributed by atoms with Gasteiger partial charge in [0, 0.05) is 17.5 Å². The lowest BCUT2D eigenvalue weighted by Crippen LogP contribution is -2.41. The molecule has 5 nitrogen and oxygen atoms in total. The Kier molecular flexibility index (Phi) is 5.43. The number of aryl methyl sites for hydroxylation is 1. The van der Waals surface area contributed by atoms with Crippen LogP contribution in [0.5, 0.6) is 0 Å². The van der Waals surface area contributed by atoms with E-state index in [1.807, 2.05) is 0 Å². The maximum absolute atomic E-state index is 11.6. The zero-order valence-corrected chi connectivity index (χ0v) is 13.2. The second kappa shape index (κ2) is 7.10. The summed E-state index contributed by atoms with van der Waals surface area (Å²) >= 11 is 1.54. The highest BCUT2D eigenvalue weighted by Gasteiger charge is 2.39. The van der Waals surface area contributed by atoms with Crippen molar-refractivity contribution in [2.75, 3.05) is 5.75 Å². The van der Waals surface area contributed by atoms with Crippen molar-refractivity contribution in [2.24, 2.45) is 11.7 Å². The van der Waals surface area contributed by atoms with Crippen molar-refractivity contribution in [2.45, 2.75) is 56.1 Å². The summed E-state index contributed by atoms with van der Waals surface area (Å²) in [4.78, 5) is 18.8. The fourth-order valence-corrected chi connectivity index (χ4v) is 3.84. The van der Waals surface area contributed by atoms with E-state index < -0.39 is 5.54 Å². The molecule has 2 unspecified atom stereocenters. The normalized spacial score (nSPS) is 24.9. The average Bonchev–Trinajstić information content (AvgIpc) is 2.81. The molecule has 0 saturated heterocycles. The summed E-state index contributed by atoms with van der Waals surface area (Å²) in [5.74, 6) is 1.07. The van der Waals surface area contributed by atoms with Crippen LogP contribution >= 0.6 is 11.8 Å². The lowest BCUT2D eigenvalue weighted by molar-refractivity contribution is 0.389. The molecule has 114 valence electrons. The lowest BCUT2D eigenvalue weighted by atomic mass is 9.88. The van der Waals surface area contributed by atoms with E-state index >= 15 is 0 Å². The summed E-state index contributed by atoms with van der Waals surface area (Å²) in [5, 5.41) is 9.87. The molecule has 0 spiro atoms. The van der Waals surface area contributed by atoms with Gasteiger partial charge in [0.05, 0.1) is 6.07 Å². The molecule has 1 aromatic rings. The number of nitrogens with two attached hydrogens (primary N) is 1. The summed E-state index contributed by atoms with van der Waals surface area (Å²) < 4.78 is 0. The number of nitrogens with one attached hydrogen (secondary N) is 1. The first-order valence-electron chi connectivity index (χ1n) is 7.50. The van der Waals surface area contributed by atoms with Crippen LogP contribution < -0.4 is 11.3 Å². The maximum Gasteiger partial charge on any atom is 0.251 e. The number of nitriles is 1. The number of hydrogen-bond acceptors (Lipinski definition) is 5. The number of hydrogen-bond donors (Lipinski definition) is 2. The third-order valence-electron chi connectivity index (χ3n) is 4.06. The maximum atomic E-state index is 11.6. The van der Waals surface area contributed by atoms with Gasteiger partial charge in [0.1, 0.15) is 5.54 Å². The molecule has 1 heterocycles. The summed E-state index contributed by atoms with van der Waals surface area (Å²) in [6.45, 7) is 2.07. The molecule has 0 aliphatic heterocycles. The quantitative estimate of drug-likeness (QED) is 0.620. The van der Waals surface area contributed by atoms with Crippen molar-refractivity contribution < 1.29 is 0 Å². The second-order valence-electron chi connectivity index (χ2n) is 5.67. The molecular formula is C15H22N4OS. The van der Waals surface area contributed by atoms with Gasteiger partial charge in [-0.1, -0.05) is 31.5 Å². The largest absolute Gasteiger partial charge is 0.313 e. The third kappa shape index (κ3) is 4.08. The predicted molar refractivity (Wildman–Crippen MR) is 84.1 cm³/mol. The highest BCUT2D eigenvalue weighted by molar-refractivity contribution is 7.99. The fourth-order valence-electron chi connectivity index (χ4n) is 2.89. The molecule has 1 aliphatic carbocycles. The molecule has 0 bridgehead atoms. The molecule has 0 aromatic carbocycles. The molecule has 3 N–H and O–H groups in total. The number of thioether (sulfide) groups is 1. The van der Waals surface area contributed by atoms with Gasteiger partial charge in [-0.25, -0.2) is 4.98 Å². The Balaban J connectivity index is 1.92. The van der Waals surface area contributed by atoms with E-state index in [0.29, 0.717) is 5.16 Å². The van der Waals surface area contributed by atoms with Crippen LogP contribution in [0.1, 0.15) is 44.7 Å². The lowest BCUT2D eigenvalue weighted by Gasteiger charge is -2.23. The number of nitrogens with zero attached hydrogens (tertiary/aromatic N) is 2. The molecule has 2 atom stereocenters. The molecule has 1 aliphatic rings. The molecule has 0 radical (unpaired) electrons. The van der Waals surface area contributed by atoms with Crippen LogP contribution in [-0.4, -0.2) is 21.3 Å². The Morgan fingerprint density at radius 1 is 1.67 bits per heavy atom. The van der Waals surface area contributed by atoms with Gasteiger partial charge >= 0.3 is 0 Å². The summed E-state index contributed by atoms with van der Waals surface area (Å²) in [5.41, 5.74) is 6.21. The summed E-state index contributed by atoms with van der Waals surface area (Å²) in [6.07, 6.45) is 5.52. The van der Waals surface area contributed by atoms with Gasteiger partial charge in [-0.2, -0.15) is 5.26 Å². The first-order valence-corrected chi connectivity index (χ1v) is 8.49. The standard InChI is InChI=1S/C15H22N4OS/c1-2-4-12-9-13(20)19-14(18-12)21-8-6-11-5-3-7-15(11,17)10-16/h9,11H,2-8,17H2,1H3,(H,18,19,20). The minimum Gasteiger partial charge on any atom is -0.313 e. The SMILES string of the molecule is CCCc1cc(=O)[nH]c(SCCC2CCCC2(N)C#N)n1. The fraction of sp³-hybridized carbons (Fsp3) is 0.667. The molecule has 21 heavy (non-hydrogen) atoms. The van der Waals surface area contributed by atoms with Crippen molar-refractivity contribution >= 4 is 11.8 Å². The van der Waals surface area contributed by atoms with Gasteiger partial charge in [-0.3, -0.25) is 4.79 Å². The molecule has 6 heteroatoms. The summed E-state index contributed by atoms with van der Waals surface area (Å²) in [7, 11) is 0. The van der Waals surface area contributed by atoms with E-state index in [1.165, 1.54) is 0 Å². The Bertz CT molecular complexity index is 580. The Labute approximate surface area is 129 Å². The van der Waals surface area contributed by atoms with Crippen molar-refractivity contribution in [1.82, 2.24) is 9.97 Å². The van der Waals surface area contributed by atoms with Crippen molar-refractivity contribution in [3.05, 3.63) is 22.1 Å². The van der Waals surface area contributed by atoms with E-state index in [2.05, 4.69) is 23.0 Å². The number of rotatable bonds is 6. The topological polar surface area (TPSA) is 95.6 Å². The van der Waals surface area contributed by atoms with Crippen LogP contribution in [0.15, 0.2) is 16.0 Å². The average molecular weight is 306 g/mol. The molecule has 2 rings (SSSR count). The van der Waals surface area contributed by atoms with Gasteiger partial charge in [0.2, 0.25) is 0 Å². The monoisotopic (exact) mass is 306 g/mol. The van der Waals surface area contributed by atoms with Crippen molar-refractivity contribution in [1.29, 1.82) is 5.26 Å². The highest BCUT2D eigenvalue weighted by atomic mass is 32.2. The Morgan fingerprint density at radius 2 is 2.48 bits per heavy atom. The van der Waals surface area contributed by atoms with Gasteiger partial charge in [-0.15, -0.1) is 0 Å². The first kappa shape index (κ1) is 16.1. The van der Waals surface area contributed by atoms with Crippen molar-refractivity contribution in [3.8, 4) is 6.07 Å². The third-order valence-corrected chi connectivity index (χ3v) is 4.97. The van der Waals surface area contributed by atoms with E-state index in [1.54, 1.807) is 17.8 Å². The highest BCUT2D eigenvalue weighted by Crippen LogP contribution is 2.36. The van der Waals surface area contributed by atoms with Crippen LogP contribution in [0.2, 0.25) is 0 Å². The minimum atomic E-state index is -0.661. The number of aromatic amines is 1. The van der Waals surface area contributed by atoms with E-state index in [0.717, 1.165) is 50.0 Å². The van der Waals surface area contributed by atoms with Crippen LogP contribution in [0, 0.1) is 17.2 Å². The predicted octanol–water partition coefficient (Wildman–Crippen LogP) is 2.23. The minimum absolute atomic E-state index is 0.0954. The van der Waals surface area contributed by atoms with E-state index in [4.69, 9.17) is 5.73 Å². The molecular weight excluding hydrogens is 284 g/mol. The molecule has 1 saturated carbocycles. The van der Waals surface area contributed by atoms with Crippen LogP contribution in [0.25, 0.3) is 0 Å². The van der Waals surface area contributed by atoms with E-state index in [-0.39, 0.29) is 11.5 Å². The number of aromatic nitrogens is 2. The zero-order chi connectivity index (χ0) is 15.3.